The molecule has 0 aliphatic rings. The number of carbonyl (C=O) groups is 1. The number of aromatic nitrogens is 1. The van der Waals surface area contributed by atoms with Gasteiger partial charge in [-0.05, 0) is 41.5 Å². The van der Waals surface area contributed by atoms with Crippen LogP contribution in [0.15, 0.2) is 71.5 Å². The zero-order valence-corrected chi connectivity index (χ0v) is 15.8. The lowest BCUT2D eigenvalue weighted by atomic mass is 9.88. The Balaban J connectivity index is 1.67. The predicted octanol–water partition coefficient (Wildman–Crippen LogP) is 4.65. The fraction of sp³-hybridized carbons (Fsp3) is 0.136. The third kappa shape index (κ3) is 4.07. The van der Waals surface area contributed by atoms with Crippen LogP contribution in [-0.2, 0) is 11.3 Å². The van der Waals surface area contributed by atoms with Gasteiger partial charge >= 0.3 is 0 Å². The Kier molecular flexibility index (Phi) is 5.30. The molecule has 7 nitrogen and oxygen atoms in total. The number of rotatable bonds is 7. The number of furan rings is 1. The summed E-state index contributed by atoms with van der Waals surface area (Å²) in [5, 5.41) is 14.7. The molecule has 0 spiro atoms. The van der Waals surface area contributed by atoms with Crippen molar-refractivity contribution in [1.29, 1.82) is 0 Å². The van der Waals surface area contributed by atoms with Gasteiger partial charge < -0.3 is 14.7 Å². The molecular formula is C22H18FN3O4. The van der Waals surface area contributed by atoms with Gasteiger partial charge in [0.25, 0.3) is 5.69 Å². The molecule has 0 radical (unpaired) electrons. The summed E-state index contributed by atoms with van der Waals surface area (Å²) in [6.45, 7) is 0.251. The van der Waals surface area contributed by atoms with Crippen LogP contribution in [0.2, 0.25) is 0 Å². The van der Waals surface area contributed by atoms with E-state index in [0.717, 1.165) is 16.6 Å². The number of nitro groups is 1. The standard InChI is InChI=1S/C22H18FN3O4/c23-15-5-3-14(4-6-15)18(11-22(27)25-12-17-2-1-9-30-17)20-13-24-21-8-7-16(26(28)29)10-19(20)21/h1-10,13,18,24H,11-12H2,(H,25,27)/t18-/m1/s1. The summed E-state index contributed by atoms with van der Waals surface area (Å²) in [7, 11) is 0. The molecule has 1 amide bonds. The number of carbonyl (C=O) groups excluding carboxylic acids is 1. The van der Waals surface area contributed by atoms with Crippen molar-refractivity contribution < 1.29 is 18.5 Å². The molecule has 0 bridgehead atoms. The number of hydrogen-bond donors (Lipinski definition) is 2. The first-order chi connectivity index (χ1) is 14.5. The maximum atomic E-state index is 13.5. The first-order valence-electron chi connectivity index (χ1n) is 9.31. The van der Waals surface area contributed by atoms with Crippen molar-refractivity contribution in [2.24, 2.45) is 0 Å². The van der Waals surface area contributed by atoms with E-state index in [1.165, 1.54) is 30.5 Å². The van der Waals surface area contributed by atoms with Crippen molar-refractivity contribution in [1.82, 2.24) is 10.3 Å². The van der Waals surface area contributed by atoms with E-state index >= 15 is 0 Å². The number of nitro benzene ring substituents is 1. The highest BCUT2D eigenvalue weighted by Gasteiger charge is 2.23. The number of nitrogens with zero attached hydrogens (tertiary/aromatic N) is 1. The topological polar surface area (TPSA) is 101 Å². The molecule has 1 atom stereocenters. The molecule has 2 aromatic carbocycles. The molecule has 0 saturated carbocycles. The lowest BCUT2D eigenvalue weighted by molar-refractivity contribution is -0.384. The molecule has 152 valence electrons. The molecule has 8 heteroatoms. The lowest BCUT2D eigenvalue weighted by Gasteiger charge is -2.17. The quantitative estimate of drug-likeness (QED) is 0.344. The number of non-ortho nitro benzene ring substituents is 1. The highest BCUT2D eigenvalue weighted by molar-refractivity contribution is 5.87. The number of H-pyrrole nitrogens is 1. The minimum absolute atomic E-state index is 0.0384. The van der Waals surface area contributed by atoms with E-state index in [1.807, 2.05) is 0 Å². The van der Waals surface area contributed by atoms with Crippen molar-refractivity contribution in [2.45, 2.75) is 18.9 Å². The summed E-state index contributed by atoms with van der Waals surface area (Å²) in [6, 6.07) is 13.9. The Labute approximate surface area is 170 Å². The Morgan fingerprint density at radius 3 is 2.70 bits per heavy atom. The zero-order chi connectivity index (χ0) is 21.1. The Bertz CT molecular complexity index is 1180. The number of aromatic amines is 1. The monoisotopic (exact) mass is 407 g/mol. The van der Waals surface area contributed by atoms with Crippen LogP contribution in [0.3, 0.4) is 0 Å². The SMILES string of the molecule is O=C(C[C@H](c1ccc(F)cc1)c1c[nH]c2ccc([N+](=O)[O-])cc12)NCc1ccco1. The normalized spacial score (nSPS) is 12.0. The van der Waals surface area contributed by atoms with E-state index in [4.69, 9.17) is 4.42 Å². The average Bonchev–Trinajstić information content (AvgIpc) is 3.40. The van der Waals surface area contributed by atoms with Crippen molar-refractivity contribution in [3.63, 3.8) is 0 Å². The van der Waals surface area contributed by atoms with Crippen LogP contribution in [0.25, 0.3) is 10.9 Å². The van der Waals surface area contributed by atoms with Crippen LogP contribution >= 0.6 is 0 Å². The molecule has 2 aromatic heterocycles. The Hall–Kier alpha value is -3.94. The van der Waals surface area contributed by atoms with Crippen LogP contribution in [0, 0.1) is 15.9 Å². The number of nitrogens with one attached hydrogen (secondary N) is 2. The van der Waals surface area contributed by atoms with E-state index in [0.29, 0.717) is 11.1 Å². The second kappa shape index (κ2) is 8.20. The van der Waals surface area contributed by atoms with Crippen LogP contribution in [-0.4, -0.2) is 15.8 Å². The average molecular weight is 407 g/mol. The van der Waals surface area contributed by atoms with Gasteiger partial charge in [-0.1, -0.05) is 12.1 Å². The van der Waals surface area contributed by atoms with Gasteiger partial charge in [-0.25, -0.2) is 4.39 Å². The van der Waals surface area contributed by atoms with E-state index in [-0.39, 0.29) is 30.4 Å². The number of halogens is 1. The van der Waals surface area contributed by atoms with Gasteiger partial charge in [0.2, 0.25) is 5.91 Å². The molecule has 0 aliphatic carbocycles. The highest BCUT2D eigenvalue weighted by atomic mass is 19.1. The van der Waals surface area contributed by atoms with Gasteiger partial charge in [0.1, 0.15) is 11.6 Å². The molecule has 2 N–H and O–H groups in total. The fourth-order valence-corrected chi connectivity index (χ4v) is 3.49. The summed E-state index contributed by atoms with van der Waals surface area (Å²) in [6.07, 6.45) is 3.35. The summed E-state index contributed by atoms with van der Waals surface area (Å²) in [5.74, 6) is -0.391. The number of hydrogen-bond acceptors (Lipinski definition) is 4. The molecule has 0 aliphatic heterocycles. The van der Waals surface area contributed by atoms with Gasteiger partial charge in [0.05, 0.1) is 17.7 Å². The second-order valence-electron chi connectivity index (χ2n) is 6.90. The molecule has 30 heavy (non-hydrogen) atoms. The van der Waals surface area contributed by atoms with Gasteiger partial charge in [0.15, 0.2) is 0 Å². The molecular weight excluding hydrogens is 389 g/mol. The van der Waals surface area contributed by atoms with Gasteiger partial charge in [-0.15, -0.1) is 0 Å². The third-order valence-electron chi connectivity index (χ3n) is 4.99. The van der Waals surface area contributed by atoms with Crippen LogP contribution in [0.1, 0.15) is 29.2 Å². The molecule has 0 unspecified atom stereocenters. The minimum atomic E-state index is -0.459. The number of fused-ring (bicyclic) bond motifs is 1. The minimum Gasteiger partial charge on any atom is -0.467 e. The molecule has 4 rings (SSSR count). The Morgan fingerprint density at radius 2 is 2.00 bits per heavy atom. The largest absolute Gasteiger partial charge is 0.467 e. The first-order valence-corrected chi connectivity index (χ1v) is 9.31. The second-order valence-corrected chi connectivity index (χ2v) is 6.90. The van der Waals surface area contributed by atoms with Crippen LogP contribution in [0.5, 0.6) is 0 Å². The van der Waals surface area contributed by atoms with Crippen LogP contribution in [0.4, 0.5) is 10.1 Å². The van der Waals surface area contributed by atoms with Crippen molar-refractivity contribution >= 4 is 22.5 Å². The summed E-state index contributed by atoms with van der Waals surface area (Å²) in [5.41, 5.74) is 2.15. The number of amides is 1. The maximum Gasteiger partial charge on any atom is 0.270 e. The van der Waals surface area contributed by atoms with E-state index in [1.54, 1.807) is 36.5 Å². The number of benzene rings is 2. The maximum absolute atomic E-state index is 13.5. The van der Waals surface area contributed by atoms with Crippen molar-refractivity contribution in [2.75, 3.05) is 0 Å². The Morgan fingerprint density at radius 1 is 1.20 bits per heavy atom. The summed E-state index contributed by atoms with van der Waals surface area (Å²) < 4.78 is 18.7. The van der Waals surface area contributed by atoms with Gasteiger partial charge in [0, 0.05) is 41.6 Å². The van der Waals surface area contributed by atoms with Crippen molar-refractivity contribution in [3.8, 4) is 0 Å². The first kappa shape index (κ1) is 19.4. The van der Waals surface area contributed by atoms with Crippen molar-refractivity contribution in [3.05, 3.63) is 99.9 Å². The van der Waals surface area contributed by atoms with E-state index in [9.17, 15) is 19.3 Å². The molecule has 0 fully saturated rings. The smallest absolute Gasteiger partial charge is 0.270 e. The molecule has 2 heterocycles. The lowest BCUT2D eigenvalue weighted by Crippen LogP contribution is -2.24. The zero-order valence-electron chi connectivity index (χ0n) is 15.8. The van der Waals surface area contributed by atoms with Crippen LogP contribution < -0.4 is 5.32 Å². The summed E-state index contributed by atoms with van der Waals surface area (Å²) >= 11 is 0. The molecule has 0 saturated heterocycles. The van der Waals surface area contributed by atoms with Gasteiger partial charge in [-0.2, -0.15) is 0 Å². The fourth-order valence-electron chi connectivity index (χ4n) is 3.49. The highest BCUT2D eigenvalue weighted by Crippen LogP contribution is 2.35. The summed E-state index contributed by atoms with van der Waals surface area (Å²) in [4.78, 5) is 26.5. The molecule has 4 aromatic rings. The third-order valence-corrected chi connectivity index (χ3v) is 4.99. The van der Waals surface area contributed by atoms with E-state index in [2.05, 4.69) is 10.3 Å². The van der Waals surface area contributed by atoms with E-state index < -0.39 is 10.8 Å². The predicted molar refractivity (Wildman–Crippen MR) is 108 cm³/mol. The van der Waals surface area contributed by atoms with Gasteiger partial charge in [-0.3, -0.25) is 14.9 Å².